The van der Waals surface area contributed by atoms with Crippen molar-refractivity contribution in [2.75, 3.05) is 0 Å². The van der Waals surface area contributed by atoms with Crippen LogP contribution < -0.4 is 0 Å². The zero-order valence-corrected chi connectivity index (χ0v) is 19.0. The van der Waals surface area contributed by atoms with Crippen LogP contribution in [0, 0.1) is 13.8 Å². The minimum Gasteiger partial charge on any atom is -0.135 e. The Morgan fingerprint density at radius 3 is 2.12 bits per heavy atom. The second-order valence-corrected chi connectivity index (χ2v) is 10.2. The molecule has 0 saturated heterocycles. The fourth-order valence-corrected chi connectivity index (χ4v) is 6.64. The summed E-state index contributed by atoms with van der Waals surface area (Å²) >= 11 is 1.93. The fourth-order valence-electron chi connectivity index (χ4n) is 5.48. The van der Waals surface area contributed by atoms with Crippen molar-refractivity contribution < 1.29 is 0 Å². The van der Waals surface area contributed by atoms with Gasteiger partial charge in [0.15, 0.2) is 0 Å². The quantitative estimate of drug-likeness (QED) is 0.245. The summed E-state index contributed by atoms with van der Waals surface area (Å²) in [5.41, 5.74) is 11.1. The number of rotatable bonds is 1. The smallest absolute Gasteiger partial charge is 0.0361 e. The summed E-state index contributed by atoms with van der Waals surface area (Å²) in [4.78, 5) is 0. The van der Waals surface area contributed by atoms with Gasteiger partial charge in [0.2, 0.25) is 0 Å². The SMILES string of the molecule is Cc1ccccc1-c1cc2cc3sc4cc5c(cc4c3cc2cc1C)Cc1ccccc1-5. The summed E-state index contributed by atoms with van der Waals surface area (Å²) in [6.45, 7) is 4.44. The van der Waals surface area contributed by atoms with Crippen LogP contribution in [0.2, 0.25) is 0 Å². The van der Waals surface area contributed by atoms with E-state index in [-0.39, 0.29) is 0 Å². The van der Waals surface area contributed by atoms with Crippen molar-refractivity contribution in [2.45, 2.75) is 20.3 Å². The maximum Gasteiger partial charge on any atom is 0.0361 e. The van der Waals surface area contributed by atoms with Crippen LogP contribution in [0.25, 0.3) is 53.2 Å². The number of hydrogen-bond donors (Lipinski definition) is 0. The molecule has 0 atom stereocenters. The normalized spacial score (nSPS) is 12.6. The van der Waals surface area contributed by atoms with Gasteiger partial charge in [0, 0.05) is 20.2 Å². The lowest BCUT2D eigenvalue weighted by atomic mass is 9.93. The van der Waals surface area contributed by atoms with Crippen LogP contribution in [0.5, 0.6) is 0 Å². The van der Waals surface area contributed by atoms with Crippen molar-refractivity contribution in [2.24, 2.45) is 0 Å². The van der Waals surface area contributed by atoms with Crippen LogP contribution in [0.1, 0.15) is 22.3 Å². The van der Waals surface area contributed by atoms with Crippen LogP contribution in [0.3, 0.4) is 0 Å². The summed E-state index contributed by atoms with van der Waals surface area (Å²) < 4.78 is 2.77. The molecule has 0 unspecified atom stereocenters. The van der Waals surface area contributed by atoms with Crippen LogP contribution in [0.4, 0.5) is 0 Å². The predicted molar refractivity (Wildman–Crippen MR) is 140 cm³/mol. The molecule has 152 valence electrons. The molecule has 1 aromatic heterocycles. The molecule has 1 heteroatoms. The molecule has 32 heavy (non-hydrogen) atoms. The van der Waals surface area contributed by atoms with E-state index in [1.54, 1.807) is 0 Å². The van der Waals surface area contributed by atoms with E-state index in [9.17, 15) is 0 Å². The van der Waals surface area contributed by atoms with Crippen molar-refractivity contribution in [1.82, 2.24) is 0 Å². The minimum absolute atomic E-state index is 1.05. The number of hydrogen-bond acceptors (Lipinski definition) is 1. The Morgan fingerprint density at radius 1 is 0.531 bits per heavy atom. The summed E-state index contributed by atoms with van der Waals surface area (Å²) in [6.07, 6.45) is 1.05. The van der Waals surface area contributed by atoms with Crippen LogP contribution in [-0.4, -0.2) is 0 Å². The Bertz CT molecular complexity index is 1710. The Balaban J connectivity index is 1.46. The lowest BCUT2D eigenvalue weighted by Crippen LogP contribution is -1.87. The Labute approximate surface area is 191 Å². The van der Waals surface area contributed by atoms with Crippen molar-refractivity contribution in [3.63, 3.8) is 0 Å². The molecule has 0 saturated carbocycles. The first kappa shape index (κ1) is 18.2. The Hall–Kier alpha value is -3.42. The Kier molecular flexibility index (Phi) is 3.72. The number of benzene rings is 5. The molecule has 6 aromatic rings. The van der Waals surface area contributed by atoms with Crippen molar-refractivity contribution >= 4 is 42.3 Å². The summed E-state index contributed by atoms with van der Waals surface area (Å²) in [7, 11) is 0. The van der Waals surface area contributed by atoms with E-state index in [2.05, 4.69) is 98.8 Å². The van der Waals surface area contributed by atoms with E-state index in [1.165, 1.54) is 75.5 Å². The van der Waals surface area contributed by atoms with Gasteiger partial charge in [-0.3, -0.25) is 0 Å². The van der Waals surface area contributed by atoms with E-state index >= 15 is 0 Å². The molecule has 0 radical (unpaired) electrons. The largest absolute Gasteiger partial charge is 0.135 e. The zero-order valence-electron chi connectivity index (χ0n) is 18.2. The van der Waals surface area contributed by atoms with Gasteiger partial charge in [-0.1, -0.05) is 54.6 Å². The van der Waals surface area contributed by atoms with E-state index in [0.717, 1.165) is 6.42 Å². The molecule has 0 N–H and O–H groups in total. The van der Waals surface area contributed by atoms with Crippen LogP contribution in [0.15, 0.2) is 84.9 Å². The minimum atomic E-state index is 1.05. The average Bonchev–Trinajstić information content (AvgIpc) is 3.33. The molecule has 0 amide bonds. The molecule has 0 fully saturated rings. The molecule has 1 aliphatic rings. The lowest BCUT2D eigenvalue weighted by Gasteiger charge is -2.11. The predicted octanol–water partition coefficient (Wildman–Crippen LogP) is 9.06. The molecule has 5 aromatic carbocycles. The third kappa shape index (κ3) is 2.55. The van der Waals surface area contributed by atoms with Crippen molar-refractivity contribution in [1.29, 1.82) is 0 Å². The molecular weight excluding hydrogens is 404 g/mol. The highest BCUT2D eigenvalue weighted by molar-refractivity contribution is 7.25. The molecule has 0 bridgehead atoms. The summed E-state index contributed by atoms with van der Waals surface area (Å²) in [5.74, 6) is 0. The molecule has 0 nitrogen and oxygen atoms in total. The summed E-state index contributed by atoms with van der Waals surface area (Å²) in [5, 5.41) is 5.44. The fraction of sp³-hybridized carbons (Fsp3) is 0.0968. The van der Waals surface area contributed by atoms with Crippen LogP contribution in [-0.2, 0) is 6.42 Å². The van der Waals surface area contributed by atoms with Gasteiger partial charge in [-0.15, -0.1) is 11.3 Å². The standard InChI is InChI=1S/C31H22S/c1-18-7-3-5-9-24(18)26-13-22-16-30-28(14-21(22)11-19(26)2)29-15-23-12-20-8-4-6-10-25(20)27(23)17-31(29)32-30/h3-11,13-17H,12H2,1-2H3. The number of aryl methyl sites for hydroxylation is 2. The van der Waals surface area contributed by atoms with Crippen molar-refractivity contribution in [3.8, 4) is 22.3 Å². The molecular formula is C31H22S. The molecule has 1 aliphatic carbocycles. The number of fused-ring (bicyclic) bond motifs is 7. The van der Waals surface area contributed by atoms with Gasteiger partial charge in [-0.2, -0.15) is 0 Å². The number of thiophene rings is 1. The monoisotopic (exact) mass is 426 g/mol. The van der Waals surface area contributed by atoms with Gasteiger partial charge >= 0.3 is 0 Å². The van der Waals surface area contributed by atoms with Gasteiger partial charge in [0.25, 0.3) is 0 Å². The Morgan fingerprint density at radius 2 is 1.25 bits per heavy atom. The van der Waals surface area contributed by atoms with Gasteiger partial charge in [-0.05, 0) is 106 Å². The molecule has 0 aliphatic heterocycles. The first-order valence-corrected chi connectivity index (χ1v) is 12.1. The van der Waals surface area contributed by atoms with Crippen molar-refractivity contribution in [3.05, 3.63) is 107 Å². The lowest BCUT2D eigenvalue weighted by molar-refractivity contribution is 1.27. The highest BCUT2D eigenvalue weighted by atomic mass is 32.1. The van der Waals surface area contributed by atoms with Crippen LogP contribution >= 0.6 is 11.3 Å². The van der Waals surface area contributed by atoms with E-state index in [0.29, 0.717) is 0 Å². The summed E-state index contributed by atoms with van der Waals surface area (Å²) in [6, 6.07) is 32.0. The van der Waals surface area contributed by atoms with Gasteiger partial charge in [-0.25, -0.2) is 0 Å². The topological polar surface area (TPSA) is 0 Å². The second-order valence-electron chi connectivity index (χ2n) is 9.12. The second kappa shape index (κ2) is 6.54. The average molecular weight is 427 g/mol. The highest BCUT2D eigenvalue weighted by Crippen LogP contribution is 2.44. The third-order valence-electron chi connectivity index (χ3n) is 7.12. The molecule has 1 heterocycles. The van der Waals surface area contributed by atoms with Gasteiger partial charge in [0.05, 0.1) is 0 Å². The first-order valence-electron chi connectivity index (χ1n) is 11.2. The first-order chi connectivity index (χ1) is 15.7. The molecule has 0 spiro atoms. The molecule has 7 rings (SSSR count). The maximum absolute atomic E-state index is 2.45. The maximum atomic E-state index is 2.45. The van der Waals surface area contributed by atoms with Gasteiger partial charge in [0.1, 0.15) is 0 Å². The van der Waals surface area contributed by atoms with E-state index in [4.69, 9.17) is 0 Å². The highest BCUT2D eigenvalue weighted by Gasteiger charge is 2.20. The van der Waals surface area contributed by atoms with E-state index in [1.807, 2.05) is 11.3 Å². The zero-order chi connectivity index (χ0) is 21.4. The van der Waals surface area contributed by atoms with Gasteiger partial charge < -0.3 is 0 Å². The third-order valence-corrected chi connectivity index (χ3v) is 8.24. The van der Waals surface area contributed by atoms with E-state index < -0.39 is 0 Å².